The maximum absolute atomic E-state index is 5.45. The van der Waals surface area contributed by atoms with E-state index in [4.69, 9.17) is 11.8 Å². The summed E-state index contributed by atoms with van der Waals surface area (Å²) in [6.07, 6.45) is 0. The Morgan fingerprint density at radius 1 is 0.875 bits per heavy atom. The number of hydrogen-bond donors (Lipinski definition) is 0. The van der Waals surface area contributed by atoms with Gasteiger partial charge in [0.1, 0.15) is 0 Å². The van der Waals surface area contributed by atoms with Gasteiger partial charge in [0.05, 0.1) is 0 Å². The fraction of sp³-hybridized carbons (Fsp3) is 0. The van der Waals surface area contributed by atoms with E-state index in [0.717, 1.165) is 7.96 Å². The van der Waals surface area contributed by atoms with Crippen molar-refractivity contribution in [2.24, 2.45) is 0 Å². The van der Waals surface area contributed by atoms with Gasteiger partial charge < -0.3 is 0 Å². The quantitative estimate of drug-likeness (QED) is 0.308. The molecule has 0 aromatic carbocycles. The molecule has 0 N–H and O–H groups in total. The lowest BCUT2D eigenvalue weighted by molar-refractivity contribution is 4.58. The maximum atomic E-state index is 5.45. The summed E-state index contributed by atoms with van der Waals surface area (Å²) in [5.41, 5.74) is 0. The SMILES string of the molecule is PPP(P(P)P)P(P=S)P(P(P)P)P(P)P. The first-order valence-electron chi connectivity index (χ1n) is 3.44. The van der Waals surface area contributed by atoms with Crippen LogP contribution in [-0.4, -0.2) is 0 Å². The van der Waals surface area contributed by atoms with E-state index in [1.165, 1.54) is 7.04 Å². The lowest BCUT2D eigenvalue weighted by atomic mass is 28.6. The van der Waals surface area contributed by atoms with Crippen LogP contribution in [-0.2, 0) is 11.8 Å². The lowest BCUT2D eigenvalue weighted by Crippen LogP contribution is -1.49. The molecule has 0 aliphatic carbocycles. The van der Waals surface area contributed by atoms with E-state index in [9.17, 15) is 0 Å². The van der Waals surface area contributed by atoms with Crippen LogP contribution < -0.4 is 0 Å². The molecule has 0 aliphatic heterocycles. The average molecular weight is 512 g/mol. The lowest BCUT2D eigenvalue weighted by Gasteiger charge is -2.36. The van der Waals surface area contributed by atoms with Gasteiger partial charge in [-0.25, -0.2) is 0 Å². The summed E-state index contributed by atoms with van der Waals surface area (Å²) in [5.74, 6) is 0. The molecule has 96 valence electrons. The van der Waals surface area contributed by atoms with Crippen LogP contribution in [0.25, 0.3) is 0 Å². The molecule has 0 saturated carbocycles. The smallest absolute Gasteiger partial charge is 0.0283 e. The zero-order valence-electron chi connectivity index (χ0n) is 8.08. The standard InChI is InChI=1S/H15P15S/c1-8-13(10(2)3)14(9-16)15(11(4)5)12(6)7/h8H,1-7H2. The molecule has 0 nitrogen and oxygen atoms in total. The second-order valence-corrected chi connectivity index (χ2v) is 58.8. The summed E-state index contributed by atoms with van der Waals surface area (Å²) in [6.45, 7) is 0.458. The molecule has 0 aromatic heterocycles. The van der Waals surface area contributed by atoms with Crippen LogP contribution in [0.2, 0.25) is 0 Å². The first-order chi connectivity index (χ1) is 7.36. The highest BCUT2D eigenvalue weighted by Gasteiger charge is 2.34. The van der Waals surface area contributed by atoms with Gasteiger partial charge in [0.25, 0.3) is 0 Å². The Bertz CT molecular complexity index is 186. The van der Waals surface area contributed by atoms with Crippen molar-refractivity contribution < 1.29 is 0 Å². The minimum Gasteiger partial charge on any atom is -0.109 e. The molecule has 0 aliphatic rings. The highest BCUT2D eigenvalue weighted by molar-refractivity contribution is 9.27. The van der Waals surface area contributed by atoms with Crippen molar-refractivity contribution in [2.45, 2.75) is 0 Å². The highest BCUT2D eigenvalue weighted by Crippen LogP contribution is 3.21. The van der Waals surface area contributed by atoms with Gasteiger partial charge in [-0.3, -0.25) is 0 Å². The summed E-state index contributed by atoms with van der Waals surface area (Å²) >= 11 is 5.45. The van der Waals surface area contributed by atoms with Gasteiger partial charge in [-0.1, -0.05) is 19.8 Å². The van der Waals surface area contributed by atoms with Crippen molar-refractivity contribution in [1.29, 1.82) is 0 Å². The van der Waals surface area contributed by atoms with Crippen molar-refractivity contribution in [2.75, 3.05) is 0 Å². The van der Waals surface area contributed by atoms with Gasteiger partial charge in [0, 0.05) is 14.0 Å². The number of hydrogen-bond acceptors (Lipinski definition) is 1. The fourth-order valence-electron chi connectivity index (χ4n) is 0.658. The third-order valence-corrected chi connectivity index (χ3v) is 93.1. The minimum atomic E-state index is 0.0322. The van der Waals surface area contributed by atoms with E-state index in [1.54, 1.807) is 0 Å². The Hall–Kier alpha value is 6.54. The van der Waals surface area contributed by atoms with Crippen LogP contribution in [0.5, 0.6) is 0 Å². The van der Waals surface area contributed by atoms with Crippen molar-refractivity contribution in [3.8, 4) is 0 Å². The summed E-state index contributed by atoms with van der Waals surface area (Å²) in [5, 5.41) is 0. The Kier molecular flexibility index (Phi) is 18.2. The van der Waals surface area contributed by atoms with Gasteiger partial charge in [-0.2, -0.15) is 0 Å². The van der Waals surface area contributed by atoms with E-state index in [-0.39, 0.29) is 41.9 Å². The van der Waals surface area contributed by atoms with Gasteiger partial charge in [0.2, 0.25) is 0 Å². The van der Waals surface area contributed by atoms with Gasteiger partial charge in [-0.05, 0) is 34.9 Å². The molecule has 0 heterocycles. The normalized spacial score (nSPS) is 17.4. The zero-order chi connectivity index (χ0) is 12.9. The fourth-order valence-corrected chi connectivity index (χ4v) is 160. The molecule has 10 atom stereocenters. The van der Waals surface area contributed by atoms with Crippen molar-refractivity contribution in [1.82, 2.24) is 0 Å². The molecule has 10 unspecified atom stereocenters. The third-order valence-electron chi connectivity index (χ3n) is 1.15. The van der Waals surface area contributed by atoms with Crippen molar-refractivity contribution in [3.05, 3.63) is 0 Å². The Morgan fingerprint density at radius 3 is 1.50 bits per heavy atom. The molecule has 0 radical (unpaired) electrons. The Balaban J connectivity index is 4.98. The first kappa shape index (κ1) is 22.5. The van der Waals surface area contributed by atoms with Crippen molar-refractivity contribution >= 4 is 131 Å². The topological polar surface area (TPSA) is 0 Å². The summed E-state index contributed by atoms with van der Waals surface area (Å²) in [6, 6.07) is 0. The van der Waals surface area contributed by atoms with Crippen LogP contribution in [0.15, 0.2) is 0 Å². The van der Waals surface area contributed by atoms with Crippen LogP contribution in [0.3, 0.4) is 0 Å². The molecule has 0 aromatic rings. The summed E-state index contributed by atoms with van der Waals surface area (Å²) in [4.78, 5) is 0. The zero-order valence-corrected chi connectivity index (χ0v) is 24.2. The molecule has 0 spiro atoms. The van der Waals surface area contributed by atoms with Crippen molar-refractivity contribution in [3.63, 3.8) is 0 Å². The van der Waals surface area contributed by atoms with Crippen LogP contribution in [0, 0.1) is 0 Å². The van der Waals surface area contributed by atoms with E-state index < -0.39 is 0 Å². The highest BCUT2D eigenvalue weighted by atomic mass is 33.3. The average Bonchev–Trinajstić information content (AvgIpc) is 2.15. The summed E-state index contributed by atoms with van der Waals surface area (Å²) in [7, 11) is 23.5. The third kappa shape index (κ3) is 8.41. The molecule has 0 bridgehead atoms. The van der Waals surface area contributed by atoms with Gasteiger partial charge >= 0.3 is 0 Å². The predicted molar refractivity (Wildman–Crippen MR) is 132 cm³/mol. The second kappa shape index (κ2) is 12.9. The van der Waals surface area contributed by atoms with Crippen LogP contribution >= 0.6 is 119 Å². The van der Waals surface area contributed by atoms with Crippen LogP contribution in [0.1, 0.15) is 0 Å². The van der Waals surface area contributed by atoms with E-state index in [0.29, 0.717) is 0 Å². The maximum Gasteiger partial charge on any atom is 0.0283 e. The second-order valence-electron chi connectivity index (χ2n) is 2.18. The van der Waals surface area contributed by atoms with E-state index in [1.807, 2.05) is 0 Å². The molecular formula is H15P15S. The summed E-state index contributed by atoms with van der Waals surface area (Å²) < 4.78 is 0. The minimum absolute atomic E-state index is 0.0322. The molecule has 0 amide bonds. The monoisotopic (exact) mass is 512 g/mol. The van der Waals surface area contributed by atoms with Gasteiger partial charge in [-0.15, -0.1) is 62.5 Å². The van der Waals surface area contributed by atoms with Crippen LogP contribution in [0.4, 0.5) is 0 Å². The predicted octanol–water partition coefficient (Wildman–Crippen LogP) is 8.90. The Labute approximate surface area is 130 Å². The molecule has 16 heavy (non-hydrogen) atoms. The largest absolute Gasteiger partial charge is 0.109 e. The molecule has 0 saturated heterocycles. The first-order valence-corrected chi connectivity index (χ1v) is 31.0. The molecule has 16 heteroatoms. The van der Waals surface area contributed by atoms with E-state index in [2.05, 4.69) is 62.5 Å². The van der Waals surface area contributed by atoms with E-state index >= 15 is 0 Å². The number of rotatable bonds is 7. The molecule has 0 rings (SSSR count). The Morgan fingerprint density at radius 2 is 1.31 bits per heavy atom. The molecule has 0 fully saturated rings. The van der Waals surface area contributed by atoms with Gasteiger partial charge in [0.15, 0.2) is 0 Å². The molecular weight excluding hydrogens is 497 g/mol.